The highest BCUT2D eigenvalue weighted by Crippen LogP contribution is 1.98. The summed E-state index contributed by atoms with van der Waals surface area (Å²) >= 11 is 0. The Hall–Kier alpha value is -1.56. The summed E-state index contributed by atoms with van der Waals surface area (Å²) in [6.07, 6.45) is 2.66. The van der Waals surface area contributed by atoms with Crippen LogP contribution in [-0.2, 0) is 18.2 Å². The van der Waals surface area contributed by atoms with Crippen LogP contribution in [-0.4, -0.2) is 53.6 Å². The second-order valence-electron chi connectivity index (χ2n) is 4.06. The Labute approximate surface area is 101 Å². The molecule has 94 valence electrons. The smallest absolute Gasteiger partial charge is 0.317 e. The van der Waals surface area contributed by atoms with E-state index in [0.29, 0.717) is 32.8 Å². The van der Waals surface area contributed by atoms with E-state index in [2.05, 4.69) is 10.4 Å². The molecule has 17 heavy (non-hydrogen) atoms. The van der Waals surface area contributed by atoms with E-state index in [1.165, 1.54) is 0 Å². The fourth-order valence-electron chi connectivity index (χ4n) is 1.77. The zero-order valence-electron chi connectivity index (χ0n) is 10.1. The van der Waals surface area contributed by atoms with Gasteiger partial charge in [-0.15, -0.1) is 0 Å². The highest BCUT2D eigenvalue weighted by Gasteiger charge is 2.15. The zero-order chi connectivity index (χ0) is 12.1. The molecule has 6 nitrogen and oxygen atoms in total. The van der Waals surface area contributed by atoms with Gasteiger partial charge in [0.2, 0.25) is 0 Å². The summed E-state index contributed by atoms with van der Waals surface area (Å²) in [6, 6.07) is 1.95. The predicted octanol–water partition coefficient (Wildman–Crippen LogP) is 0.00440. The third kappa shape index (κ3) is 3.45. The van der Waals surface area contributed by atoms with Gasteiger partial charge in [0, 0.05) is 39.3 Å². The van der Waals surface area contributed by atoms with Crippen molar-refractivity contribution < 1.29 is 9.53 Å². The number of carbonyl (C=O) groups excluding carboxylic acids is 1. The second-order valence-corrected chi connectivity index (χ2v) is 4.06. The summed E-state index contributed by atoms with van der Waals surface area (Å²) in [6.45, 7) is 3.24. The Kier molecular flexibility index (Phi) is 3.98. The van der Waals surface area contributed by atoms with Crippen molar-refractivity contribution in [3.8, 4) is 0 Å². The van der Waals surface area contributed by atoms with Crippen LogP contribution >= 0.6 is 0 Å². The number of ether oxygens (including phenoxy) is 1. The van der Waals surface area contributed by atoms with Crippen molar-refractivity contribution in [3.63, 3.8) is 0 Å². The van der Waals surface area contributed by atoms with E-state index in [9.17, 15) is 4.79 Å². The molecule has 0 radical (unpaired) electrons. The number of hydrogen-bond acceptors (Lipinski definition) is 3. The monoisotopic (exact) mass is 238 g/mol. The van der Waals surface area contributed by atoms with Crippen LogP contribution in [0.15, 0.2) is 12.3 Å². The number of urea groups is 1. The number of rotatable bonds is 3. The number of carbonyl (C=O) groups is 1. The molecule has 1 aliphatic rings. The third-order valence-corrected chi connectivity index (χ3v) is 2.72. The quantitative estimate of drug-likeness (QED) is 0.806. The fourth-order valence-corrected chi connectivity index (χ4v) is 1.77. The Bertz CT molecular complexity index is 371. The van der Waals surface area contributed by atoms with E-state index < -0.39 is 0 Å². The summed E-state index contributed by atoms with van der Waals surface area (Å²) in [5.74, 6) is 0. The van der Waals surface area contributed by atoms with Crippen molar-refractivity contribution in [1.82, 2.24) is 20.0 Å². The molecule has 2 heterocycles. The Balaban J connectivity index is 1.69. The first-order valence-corrected chi connectivity index (χ1v) is 5.85. The largest absolute Gasteiger partial charge is 0.378 e. The molecule has 6 heteroatoms. The first-order chi connectivity index (χ1) is 8.25. The number of aromatic nitrogens is 2. The maximum Gasteiger partial charge on any atom is 0.317 e. The van der Waals surface area contributed by atoms with Gasteiger partial charge in [-0.2, -0.15) is 5.10 Å². The number of morpholine rings is 1. The highest BCUT2D eigenvalue weighted by atomic mass is 16.5. The molecule has 2 rings (SSSR count). The Morgan fingerprint density at radius 3 is 2.94 bits per heavy atom. The molecule has 0 bridgehead atoms. The minimum Gasteiger partial charge on any atom is -0.378 e. The topological polar surface area (TPSA) is 59.4 Å². The Morgan fingerprint density at radius 1 is 1.53 bits per heavy atom. The fraction of sp³-hybridized carbons (Fsp3) is 0.636. The van der Waals surface area contributed by atoms with Crippen molar-refractivity contribution in [3.05, 3.63) is 18.0 Å². The molecule has 1 saturated heterocycles. The molecule has 0 aliphatic carbocycles. The van der Waals surface area contributed by atoms with E-state index >= 15 is 0 Å². The van der Waals surface area contributed by atoms with Gasteiger partial charge in [-0.1, -0.05) is 0 Å². The van der Waals surface area contributed by atoms with Gasteiger partial charge in [0.05, 0.1) is 18.9 Å². The van der Waals surface area contributed by atoms with Crippen LogP contribution in [0.5, 0.6) is 0 Å². The van der Waals surface area contributed by atoms with Crippen LogP contribution in [0.1, 0.15) is 5.69 Å². The van der Waals surface area contributed by atoms with Crippen LogP contribution in [0, 0.1) is 0 Å². The number of amides is 2. The molecule has 2 amide bonds. The lowest BCUT2D eigenvalue weighted by Gasteiger charge is -2.26. The molecule has 1 N–H and O–H groups in total. The molecule has 1 fully saturated rings. The van der Waals surface area contributed by atoms with Gasteiger partial charge in [0.25, 0.3) is 0 Å². The molecule has 1 aromatic heterocycles. The minimum absolute atomic E-state index is 0.00997. The van der Waals surface area contributed by atoms with Gasteiger partial charge in [0.15, 0.2) is 0 Å². The molecule has 1 aliphatic heterocycles. The first-order valence-electron chi connectivity index (χ1n) is 5.85. The summed E-state index contributed by atoms with van der Waals surface area (Å²) in [7, 11) is 1.88. The molecular weight excluding hydrogens is 220 g/mol. The molecule has 0 spiro atoms. The SMILES string of the molecule is Cn1ccc(CCNC(=O)N2CCOCC2)n1. The number of nitrogens with one attached hydrogen (secondary N) is 1. The molecule has 0 unspecified atom stereocenters. The normalized spacial score (nSPS) is 15.9. The van der Waals surface area contributed by atoms with E-state index in [1.807, 2.05) is 19.3 Å². The molecule has 0 saturated carbocycles. The lowest BCUT2D eigenvalue weighted by molar-refractivity contribution is 0.0533. The van der Waals surface area contributed by atoms with Gasteiger partial charge in [0.1, 0.15) is 0 Å². The summed E-state index contributed by atoms with van der Waals surface area (Å²) in [5, 5.41) is 7.14. The van der Waals surface area contributed by atoms with E-state index in [1.54, 1.807) is 9.58 Å². The van der Waals surface area contributed by atoms with Crippen LogP contribution in [0.2, 0.25) is 0 Å². The van der Waals surface area contributed by atoms with Gasteiger partial charge < -0.3 is 15.0 Å². The maximum absolute atomic E-state index is 11.7. The van der Waals surface area contributed by atoms with Crippen LogP contribution in [0.4, 0.5) is 4.79 Å². The molecule has 0 aromatic carbocycles. The van der Waals surface area contributed by atoms with E-state index in [-0.39, 0.29) is 6.03 Å². The van der Waals surface area contributed by atoms with Gasteiger partial charge in [-0.25, -0.2) is 4.79 Å². The molecular formula is C11H18N4O2. The van der Waals surface area contributed by atoms with Crippen LogP contribution < -0.4 is 5.32 Å². The van der Waals surface area contributed by atoms with Crippen molar-refractivity contribution in [2.75, 3.05) is 32.8 Å². The lowest BCUT2D eigenvalue weighted by Crippen LogP contribution is -2.46. The number of nitrogens with zero attached hydrogens (tertiary/aromatic N) is 3. The number of hydrogen-bond donors (Lipinski definition) is 1. The number of aryl methyl sites for hydroxylation is 1. The molecule has 1 aromatic rings. The summed E-state index contributed by atoms with van der Waals surface area (Å²) in [5.41, 5.74) is 0.995. The Morgan fingerprint density at radius 2 is 2.29 bits per heavy atom. The highest BCUT2D eigenvalue weighted by molar-refractivity contribution is 5.74. The summed E-state index contributed by atoms with van der Waals surface area (Å²) < 4.78 is 6.96. The minimum atomic E-state index is -0.00997. The van der Waals surface area contributed by atoms with Crippen molar-refractivity contribution in [2.45, 2.75) is 6.42 Å². The average Bonchev–Trinajstić information content (AvgIpc) is 2.76. The van der Waals surface area contributed by atoms with Crippen LogP contribution in [0.3, 0.4) is 0 Å². The first kappa shape index (κ1) is 11.9. The predicted molar refractivity (Wildman–Crippen MR) is 62.7 cm³/mol. The summed E-state index contributed by atoms with van der Waals surface area (Å²) in [4.78, 5) is 13.5. The van der Waals surface area contributed by atoms with E-state index in [0.717, 1.165) is 12.1 Å². The van der Waals surface area contributed by atoms with Gasteiger partial charge in [-0.3, -0.25) is 4.68 Å². The zero-order valence-corrected chi connectivity index (χ0v) is 10.1. The standard InChI is InChI=1S/C11H18N4O2/c1-14-5-3-10(13-14)2-4-12-11(16)15-6-8-17-9-7-15/h3,5H,2,4,6-9H2,1H3,(H,12,16). The van der Waals surface area contributed by atoms with Gasteiger partial charge >= 0.3 is 6.03 Å². The van der Waals surface area contributed by atoms with E-state index in [4.69, 9.17) is 4.74 Å². The lowest BCUT2D eigenvalue weighted by atomic mass is 10.3. The maximum atomic E-state index is 11.7. The van der Waals surface area contributed by atoms with Crippen molar-refractivity contribution >= 4 is 6.03 Å². The van der Waals surface area contributed by atoms with Crippen molar-refractivity contribution in [2.24, 2.45) is 7.05 Å². The van der Waals surface area contributed by atoms with Crippen LogP contribution in [0.25, 0.3) is 0 Å². The average molecular weight is 238 g/mol. The third-order valence-electron chi connectivity index (χ3n) is 2.72. The van der Waals surface area contributed by atoms with Gasteiger partial charge in [-0.05, 0) is 6.07 Å². The van der Waals surface area contributed by atoms with Crippen molar-refractivity contribution in [1.29, 1.82) is 0 Å². The molecule has 0 atom stereocenters. The second kappa shape index (κ2) is 5.67.